The molecule has 0 radical (unpaired) electrons. The number of carbonyl (C=O) groups excluding carboxylic acids is 1. The highest BCUT2D eigenvalue weighted by atomic mass is 19.1. The number of carbonyl (C=O) groups is 1. The number of fused-ring (bicyclic) bond motifs is 1. The average molecular weight is 309 g/mol. The van der Waals surface area contributed by atoms with E-state index >= 15 is 0 Å². The molecule has 0 bridgehead atoms. The van der Waals surface area contributed by atoms with Gasteiger partial charge in [0.1, 0.15) is 11.6 Å². The van der Waals surface area contributed by atoms with E-state index in [1.807, 2.05) is 42.5 Å². The first-order valence-electron chi connectivity index (χ1n) is 7.05. The second-order valence-electron chi connectivity index (χ2n) is 5.02. The Labute approximate surface area is 132 Å². The third kappa shape index (κ3) is 3.43. The number of rotatable bonds is 3. The van der Waals surface area contributed by atoms with Crippen LogP contribution in [0, 0.1) is 11.6 Å². The van der Waals surface area contributed by atoms with Crippen LogP contribution in [-0.4, -0.2) is 5.91 Å². The predicted octanol–water partition coefficient (Wildman–Crippen LogP) is 4.77. The molecule has 0 aromatic heterocycles. The number of hydrogen-bond donors (Lipinski definition) is 1. The highest BCUT2D eigenvalue weighted by Crippen LogP contribution is 2.20. The summed E-state index contributed by atoms with van der Waals surface area (Å²) in [6.45, 7) is 0. The van der Waals surface area contributed by atoms with Crippen molar-refractivity contribution in [3.63, 3.8) is 0 Å². The number of nitrogens with one attached hydrogen (secondary N) is 1. The van der Waals surface area contributed by atoms with Crippen LogP contribution in [0.1, 0.15) is 5.56 Å². The fourth-order valence-electron chi connectivity index (χ4n) is 2.33. The van der Waals surface area contributed by atoms with Crippen molar-refractivity contribution in [2.75, 3.05) is 5.32 Å². The number of amides is 1. The summed E-state index contributed by atoms with van der Waals surface area (Å²) in [5.41, 5.74) is 0.690. The first-order valence-corrected chi connectivity index (χ1v) is 7.05. The standard InChI is InChI=1S/C19H13F2NO/c20-15-9-10-17(21)18(12-15)22-19(23)11-8-14-6-3-5-13-4-1-2-7-16(13)14/h1-12H,(H,22,23)/b11-8+. The van der Waals surface area contributed by atoms with E-state index in [1.165, 1.54) is 6.08 Å². The lowest BCUT2D eigenvalue weighted by Crippen LogP contribution is -2.09. The van der Waals surface area contributed by atoms with E-state index in [1.54, 1.807) is 6.08 Å². The lowest BCUT2D eigenvalue weighted by molar-refractivity contribution is -0.111. The Morgan fingerprint density at radius 3 is 2.61 bits per heavy atom. The molecule has 3 rings (SSSR count). The van der Waals surface area contributed by atoms with Crippen molar-refractivity contribution in [3.8, 4) is 0 Å². The molecule has 1 amide bonds. The minimum atomic E-state index is -0.682. The maximum absolute atomic E-state index is 13.5. The SMILES string of the molecule is O=C(/C=C/c1cccc2ccccc12)Nc1cc(F)ccc1F. The Morgan fingerprint density at radius 1 is 0.957 bits per heavy atom. The largest absolute Gasteiger partial charge is 0.320 e. The molecule has 0 aliphatic carbocycles. The van der Waals surface area contributed by atoms with Crippen molar-refractivity contribution in [1.82, 2.24) is 0 Å². The molecular formula is C19H13F2NO. The quantitative estimate of drug-likeness (QED) is 0.694. The van der Waals surface area contributed by atoms with Crippen LogP contribution in [0.4, 0.5) is 14.5 Å². The number of anilines is 1. The number of hydrogen-bond acceptors (Lipinski definition) is 1. The van der Waals surface area contributed by atoms with Gasteiger partial charge in [-0.2, -0.15) is 0 Å². The molecule has 0 aliphatic rings. The lowest BCUT2D eigenvalue weighted by atomic mass is 10.0. The molecule has 0 saturated heterocycles. The van der Waals surface area contributed by atoms with Crippen molar-refractivity contribution < 1.29 is 13.6 Å². The predicted molar refractivity (Wildman–Crippen MR) is 88.0 cm³/mol. The van der Waals surface area contributed by atoms with E-state index in [-0.39, 0.29) is 5.69 Å². The number of benzene rings is 3. The van der Waals surface area contributed by atoms with E-state index in [9.17, 15) is 13.6 Å². The molecule has 1 N–H and O–H groups in total. The van der Waals surface area contributed by atoms with Crippen LogP contribution < -0.4 is 5.32 Å². The van der Waals surface area contributed by atoms with Crippen molar-refractivity contribution in [3.05, 3.63) is 83.9 Å². The molecule has 0 saturated carbocycles. The first kappa shape index (κ1) is 14.9. The van der Waals surface area contributed by atoms with Gasteiger partial charge in [0.15, 0.2) is 0 Å². The van der Waals surface area contributed by atoms with Crippen LogP contribution in [0.3, 0.4) is 0 Å². The summed E-state index contributed by atoms with van der Waals surface area (Å²) in [7, 11) is 0. The van der Waals surface area contributed by atoms with Crippen LogP contribution in [0.15, 0.2) is 66.7 Å². The summed E-state index contributed by atoms with van der Waals surface area (Å²) in [5.74, 6) is -1.82. The molecule has 23 heavy (non-hydrogen) atoms. The third-order valence-electron chi connectivity index (χ3n) is 3.42. The maximum atomic E-state index is 13.5. The summed E-state index contributed by atoms with van der Waals surface area (Å²) in [5, 5.41) is 4.40. The lowest BCUT2D eigenvalue weighted by Gasteiger charge is -2.04. The fraction of sp³-hybridized carbons (Fsp3) is 0. The first-order chi connectivity index (χ1) is 11.1. The summed E-state index contributed by atoms with van der Waals surface area (Å²) in [6.07, 6.45) is 2.95. The minimum absolute atomic E-state index is 0.183. The van der Waals surface area contributed by atoms with Crippen LogP contribution >= 0.6 is 0 Å². The Kier molecular flexibility index (Phi) is 4.15. The number of halogens is 2. The van der Waals surface area contributed by atoms with Gasteiger partial charge in [-0.05, 0) is 34.5 Å². The zero-order chi connectivity index (χ0) is 16.2. The molecule has 3 aromatic rings. The van der Waals surface area contributed by atoms with Crippen molar-refractivity contribution in [2.24, 2.45) is 0 Å². The monoisotopic (exact) mass is 309 g/mol. The van der Waals surface area contributed by atoms with Gasteiger partial charge in [0.2, 0.25) is 5.91 Å². The average Bonchev–Trinajstić information content (AvgIpc) is 2.56. The van der Waals surface area contributed by atoms with Crippen molar-refractivity contribution >= 4 is 28.4 Å². The highest BCUT2D eigenvalue weighted by molar-refractivity contribution is 6.03. The van der Waals surface area contributed by atoms with E-state index in [0.29, 0.717) is 0 Å². The van der Waals surface area contributed by atoms with Gasteiger partial charge < -0.3 is 5.32 Å². The molecular weight excluding hydrogens is 296 g/mol. The van der Waals surface area contributed by atoms with Gasteiger partial charge in [0.25, 0.3) is 0 Å². The molecule has 0 heterocycles. The second kappa shape index (κ2) is 6.40. The Bertz CT molecular complexity index is 898. The fourth-order valence-corrected chi connectivity index (χ4v) is 2.33. The molecule has 4 heteroatoms. The van der Waals surface area contributed by atoms with E-state index in [2.05, 4.69) is 5.32 Å². The van der Waals surface area contributed by atoms with Crippen molar-refractivity contribution in [2.45, 2.75) is 0 Å². The van der Waals surface area contributed by atoms with E-state index in [4.69, 9.17) is 0 Å². The molecule has 0 unspecified atom stereocenters. The van der Waals surface area contributed by atoms with Gasteiger partial charge in [0.05, 0.1) is 5.69 Å². The topological polar surface area (TPSA) is 29.1 Å². The third-order valence-corrected chi connectivity index (χ3v) is 3.42. The summed E-state index contributed by atoms with van der Waals surface area (Å²) in [6, 6.07) is 16.5. The van der Waals surface area contributed by atoms with Gasteiger partial charge in [-0.15, -0.1) is 0 Å². The summed E-state index contributed by atoms with van der Waals surface area (Å²) < 4.78 is 26.6. The smallest absolute Gasteiger partial charge is 0.248 e. The molecule has 2 nitrogen and oxygen atoms in total. The van der Waals surface area contributed by atoms with Gasteiger partial charge >= 0.3 is 0 Å². The minimum Gasteiger partial charge on any atom is -0.320 e. The summed E-state index contributed by atoms with van der Waals surface area (Å²) >= 11 is 0. The molecule has 114 valence electrons. The second-order valence-corrected chi connectivity index (χ2v) is 5.02. The summed E-state index contributed by atoms with van der Waals surface area (Å²) in [4.78, 5) is 11.9. The normalized spacial score (nSPS) is 11.0. The van der Waals surface area contributed by atoms with Crippen molar-refractivity contribution in [1.29, 1.82) is 0 Å². The molecule has 0 atom stereocenters. The zero-order valence-electron chi connectivity index (χ0n) is 12.1. The van der Waals surface area contributed by atoms with E-state index in [0.717, 1.165) is 34.5 Å². The van der Waals surface area contributed by atoms with Gasteiger partial charge in [-0.25, -0.2) is 8.78 Å². The van der Waals surface area contributed by atoms with Gasteiger partial charge in [-0.1, -0.05) is 42.5 Å². The molecule has 0 spiro atoms. The van der Waals surface area contributed by atoms with Crippen LogP contribution in [-0.2, 0) is 4.79 Å². The highest BCUT2D eigenvalue weighted by Gasteiger charge is 2.06. The molecule has 3 aromatic carbocycles. The Balaban J connectivity index is 1.82. The van der Waals surface area contributed by atoms with Crippen LogP contribution in [0.5, 0.6) is 0 Å². The zero-order valence-corrected chi connectivity index (χ0v) is 12.1. The molecule has 0 aliphatic heterocycles. The molecule has 0 fully saturated rings. The van der Waals surface area contributed by atoms with E-state index < -0.39 is 17.5 Å². The van der Waals surface area contributed by atoms with Gasteiger partial charge in [0, 0.05) is 12.1 Å². The van der Waals surface area contributed by atoms with Crippen LogP contribution in [0.2, 0.25) is 0 Å². The Hall–Kier alpha value is -3.01. The van der Waals surface area contributed by atoms with Gasteiger partial charge in [-0.3, -0.25) is 4.79 Å². The Morgan fingerprint density at radius 2 is 1.74 bits per heavy atom. The van der Waals surface area contributed by atoms with Crippen LogP contribution in [0.25, 0.3) is 16.8 Å². The maximum Gasteiger partial charge on any atom is 0.248 e.